The minimum absolute atomic E-state index is 0.0435. The molecule has 12 nitrogen and oxygen atoms in total. The molecule has 3 aromatic carbocycles. The second-order valence-electron chi connectivity index (χ2n) is 12.0. The van der Waals surface area contributed by atoms with E-state index in [4.69, 9.17) is 14.2 Å². The van der Waals surface area contributed by atoms with Crippen LogP contribution in [0.2, 0.25) is 0 Å². The Kier molecular flexibility index (Phi) is 8.93. The molecular formula is C35H31F2N5O7S. The molecule has 0 radical (unpaired) electrons. The van der Waals surface area contributed by atoms with Crippen LogP contribution in [0.25, 0.3) is 32.7 Å². The van der Waals surface area contributed by atoms with Crippen LogP contribution in [0, 0.1) is 11.6 Å². The lowest BCUT2D eigenvalue weighted by molar-refractivity contribution is 0.0521. The van der Waals surface area contributed by atoms with Crippen molar-refractivity contribution >= 4 is 39.8 Å². The molecule has 0 saturated heterocycles. The molecule has 0 atom stereocenters. The molecule has 0 aliphatic heterocycles. The molecular weight excluding hydrogens is 672 g/mol. The smallest absolute Gasteiger partial charge is 0.425 e. The summed E-state index contributed by atoms with van der Waals surface area (Å²) in [6.45, 7) is 5.06. The number of rotatable bonds is 8. The number of nitrogens with one attached hydrogen (secondary N) is 1. The Morgan fingerprint density at radius 2 is 1.66 bits per heavy atom. The zero-order chi connectivity index (χ0) is 35.9. The minimum Gasteiger partial charge on any atom is -0.497 e. The summed E-state index contributed by atoms with van der Waals surface area (Å²) in [7, 11) is 3.04. The summed E-state index contributed by atoms with van der Waals surface area (Å²) in [5.41, 5.74) is 0.406. The Hall–Kier alpha value is -5.96. The van der Waals surface area contributed by atoms with Gasteiger partial charge in [-0.1, -0.05) is 29.5 Å². The lowest BCUT2D eigenvalue weighted by Gasteiger charge is -2.19. The summed E-state index contributed by atoms with van der Waals surface area (Å²) < 4.78 is 47.9. The number of methoxy groups -OCH3 is 2. The number of anilines is 2. The molecule has 3 N–H and O–H groups in total. The maximum Gasteiger partial charge on any atom is 0.425 e. The second kappa shape index (κ2) is 13.2. The fourth-order valence-corrected chi connectivity index (χ4v) is 6.07. The molecule has 50 heavy (non-hydrogen) atoms. The van der Waals surface area contributed by atoms with Crippen molar-refractivity contribution in [2.45, 2.75) is 32.9 Å². The first kappa shape index (κ1) is 33.9. The SMILES string of the molecule is COc1ccc(Cn2cc3nc(-c4c(F)cccc4F)nc(Nc4ccc(-c5sc(=O)n(C(=O)OC(C)(C)C)c5O)cc4)c3c2O)c(OC)c1. The van der Waals surface area contributed by atoms with Gasteiger partial charge < -0.3 is 34.3 Å². The highest BCUT2D eigenvalue weighted by Gasteiger charge is 2.26. The standard InChI is InChI=1S/C35H31F2N5O7S/c1-35(2,3)49-33(45)42-32(44)28(50-34(42)46)18-9-12-20(13-10-18)38-30-27-24(39-29(40-30)26-22(36)7-6-8-23(26)37)17-41(31(27)43)16-19-11-14-21(47-4)15-25(19)48-5/h6-15,17,43-44H,16H2,1-5H3,(H,38,39,40). The normalized spacial score (nSPS) is 11.5. The number of carbonyl (C=O) groups excluding carboxylic acids is 1. The average molecular weight is 704 g/mol. The van der Waals surface area contributed by atoms with Crippen LogP contribution in [0.5, 0.6) is 23.3 Å². The van der Waals surface area contributed by atoms with Crippen molar-refractivity contribution in [2.75, 3.05) is 19.5 Å². The summed E-state index contributed by atoms with van der Waals surface area (Å²) in [5, 5.41) is 25.5. The van der Waals surface area contributed by atoms with Gasteiger partial charge >= 0.3 is 11.0 Å². The highest BCUT2D eigenvalue weighted by atomic mass is 32.1. The number of aromatic hydroxyl groups is 2. The van der Waals surface area contributed by atoms with E-state index in [1.165, 1.54) is 31.0 Å². The van der Waals surface area contributed by atoms with Gasteiger partial charge in [-0.25, -0.2) is 23.5 Å². The van der Waals surface area contributed by atoms with Gasteiger partial charge in [-0.3, -0.25) is 4.79 Å². The minimum atomic E-state index is -1.01. The summed E-state index contributed by atoms with van der Waals surface area (Å²) in [4.78, 5) is 33.4. The van der Waals surface area contributed by atoms with Crippen LogP contribution in [0.1, 0.15) is 26.3 Å². The van der Waals surface area contributed by atoms with Gasteiger partial charge in [0.25, 0.3) is 0 Å². The Morgan fingerprint density at radius 1 is 0.960 bits per heavy atom. The molecule has 6 aromatic rings. The number of thiazole rings is 1. The molecule has 0 unspecified atom stereocenters. The van der Waals surface area contributed by atoms with Crippen LogP contribution in [0.3, 0.4) is 0 Å². The van der Waals surface area contributed by atoms with E-state index in [1.807, 2.05) is 0 Å². The molecule has 3 aromatic heterocycles. The van der Waals surface area contributed by atoms with Crippen molar-refractivity contribution in [3.63, 3.8) is 0 Å². The van der Waals surface area contributed by atoms with E-state index in [9.17, 15) is 28.6 Å². The highest BCUT2D eigenvalue weighted by Crippen LogP contribution is 2.38. The van der Waals surface area contributed by atoms with Crippen molar-refractivity contribution in [1.29, 1.82) is 0 Å². The van der Waals surface area contributed by atoms with Crippen molar-refractivity contribution in [2.24, 2.45) is 0 Å². The molecule has 15 heteroatoms. The first-order valence-electron chi connectivity index (χ1n) is 15.1. The first-order valence-corrected chi connectivity index (χ1v) is 15.9. The van der Waals surface area contributed by atoms with Gasteiger partial charge in [0, 0.05) is 23.5 Å². The van der Waals surface area contributed by atoms with E-state index in [-0.39, 0.29) is 39.8 Å². The molecule has 0 spiro atoms. The number of fused-ring (bicyclic) bond motifs is 1. The quantitative estimate of drug-likeness (QED) is 0.148. The first-order chi connectivity index (χ1) is 23.8. The van der Waals surface area contributed by atoms with E-state index in [0.29, 0.717) is 44.2 Å². The third kappa shape index (κ3) is 6.54. The van der Waals surface area contributed by atoms with E-state index >= 15 is 0 Å². The molecule has 3 heterocycles. The molecule has 0 aliphatic rings. The zero-order valence-electron chi connectivity index (χ0n) is 27.4. The van der Waals surface area contributed by atoms with Gasteiger partial charge in [-0.2, -0.15) is 4.57 Å². The Bertz CT molecular complexity index is 2290. The van der Waals surface area contributed by atoms with Gasteiger partial charge in [-0.15, -0.1) is 0 Å². The number of carbonyl (C=O) groups is 1. The number of halogens is 2. The average Bonchev–Trinajstić information content (AvgIpc) is 3.54. The summed E-state index contributed by atoms with van der Waals surface area (Å²) in [6.07, 6.45) is 0.528. The fourth-order valence-electron chi connectivity index (χ4n) is 5.21. The van der Waals surface area contributed by atoms with Gasteiger partial charge in [0.15, 0.2) is 5.82 Å². The van der Waals surface area contributed by atoms with Crippen molar-refractivity contribution in [3.8, 4) is 45.1 Å². The van der Waals surface area contributed by atoms with Gasteiger partial charge in [0.2, 0.25) is 11.8 Å². The molecule has 0 saturated carbocycles. The molecule has 0 amide bonds. The number of hydrogen-bond donors (Lipinski definition) is 3. The second-order valence-corrected chi connectivity index (χ2v) is 13.0. The van der Waals surface area contributed by atoms with Gasteiger partial charge in [-0.05, 0) is 62.7 Å². The van der Waals surface area contributed by atoms with Crippen LogP contribution in [-0.2, 0) is 11.3 Å². The Morgan fingerprint density at radius 3 is 2.30 bits per heavy atom. The van der Waals surface area contributed by atoms with E-state index in [1.54, 1.807) is 63.2 Å². The molecule has 6 rings (SSSR count). The number of nitrogens with zero attached hydrogens (tertiary/aromatic N) is 4. The largest absolute Gasteiger partial charge is 0.497 e. The maximum atomic E-state index is 14.9. The van der Waals surface area contributed by atoms with Crippen LogP contribution in [0.15, 0.2) is 71.7 Å². The highest BCUT2D eigenvalue weighted by molar-refractivity contribution is 7.13. The maximum absolute atomic E-state index is 14.9. The van der Waals surface area contributed by atoms with Crippen LogP contribution >= 0.6 is 11.3 Å². The Balaban J connectivity index is 1.40. The molecule has 0 fully saturated rings. The van der Waals surface area contributed by atoms with Gasteiger partial charge in [0.1, 0.15) is 44.8 Å². The molecule has 0 aliphatic carbocycles. The number of aromatic nitrogens is 4. The Labute approximate surface area is 287 Å². The number of benzene rings is 3. The van der Waals surface area contributed by atoms with E-state index in [0.717, 1.165) is 12.1 Å². The van der Waals surface area contributed by atoms with E-state index in [2.05, 4.69) is 15.3 Å². The number of hydrogen-bond acceptors (Lipinski definition) is 11. The lowest BCUT2D eigenvalue weighted by Crippen LogP contribution is -2.31. The summed E-state index contributed by atoms with van der Waals surface area (Å²) >= 11 is 0.665. The van der Waals surface area contributed by atoms with Crippen LogP contribution < -0.4 is 19.7 Å². The van der Waals surface area contributed by atoms with E-state index < -0.39 is 39.6 Å². The predicted octanol–water partition coefficient (Wildman–Crippen LogP) is 7.27. The topological polar surface area (TPSA) is 150 Å². The molecule has 258 valence electrons. The van der Waals surface area contributed by atoms with Crippen molar-refractivity contribution in [3.05, 3.63) is 93.7 Å². The third-order valence-electron chi connectivity index (χ3n) is 7.50. The zero-order valence-corrected chi connectivity index (χ0v) is 28.3. The lowest BCUT2D eigenvalue weighted by atomic mass is 10.1. The van der Waals surface area contributed by atoms with Gasteiger partial charge in [0.05, 0.1) is 31.8 Å². The van der Waals surface area contributed by atoms with Crippen LogP contribution in [-0.4, -0.2) is 55.2 Å². The summed E-state index contributed by atoms with van der Waals surface area (Å²) in [5.74, 6) is -1.66. The van der Waals surface area contributed by atoms with Crippen molar-refractivity contribution < 1.29 is 38.0 Å². The molecule has 0 bridgehead atoms. The number of ether oxygens (including phenoxy) is 3. The fraction of sp³-hybridized carbons (Fsp3) is 0.200. The third-order valence-corrected chi connectivity index (χ3v) is 8.48. The monoisotopic (exact) mass is 703 g/mol. The van der Waals surface area contributed by atoms with Crippen LogP contribution in [0.4, 0.5) is 25.1 Å². The predicted molar refractivity (Wildman–Crippen MR) is 184 cm³/mol. The summed E-state index contributed by atoms with van der Waals surface area (Å²) in [6, 6.07) is 15.0. The van der Waals surface area contributed by atoms with Crippen molar-refractivity contribution in [1.82, 2.24) is 19.1 Å².